The van der Waals surface area contributed by atoms with E-state index in [1.165, 1.54) is 9.80 Å². The molecule has 1 heterocycles. The largest absolute Gasteiger partial charge is 0.496 e. The molecule has 2 N–H and O–H groups in total. The molecule has 1 aromatic carbocycles. The summed E-state index contributed by atoms with van der Waals surface area (Å²) in [6.07, 6.45) is 3.74. The first-order chi connectivity index (χ1) is 13.9. The standard InChI is InChI=1S/C22H31N3O4/c1-24(2)18(17-10-6-7-11-19(17)29-3)14-23-20(26)12-13-25-21(27)15-8-4-5-9-16(15)22(25)28/h6-7,10-11,15-16,18H,4-5,8-9,12-14H2,1-3H3,(H,23,26)/p+1/t15-,16+,18-/m1/s1. The first-order valence-corrected chi connectivity index (χ1v) is 10.5. The van der Waals surface area contributed by atoms with Crippen LogP contribution in [0.5, 0.6) is 5.75 Å². The maximum absolute atomic E-state index is 12.5. The number of ether oxygens (including phenoxy) is 1. The van der Waals surface area contributed by atoms with Gasteiger partial charge in [-0.15, -0.1) is 0 Å². The number of carbonyl (C=O) groups is 3. The van der Waals surface area contributed by atoms with Gasteiger partial charge in [0.05, 0.1) is 45.1 Å². The number of carbonyl (C=O) groups excluding carboxylic acids is 3. The molecule has 0 spiro atoms. The summed E-state index contributed by atoms with van der Waals surface area (Å²) >= 11 is 0. The molecule has 1 aromatic rings. The molecular formula is C22H32N3O4+. The molecule has 0 aromatic heterocycles. The predicted molar refractivity (Wildman–Crippen MR) is 108 cm³/mol. The maximum Gasteiger partial charge on any atom is 0.233 e. The molecule has 158 valence electrons. The Balaban J connectivity index is 1.55. The summed E-state index contributed by atoms with van der Waals surface area (Å²) < 4.78 is 5.46. The number of hydrogen-bond acceptors (Lipinski definition) is 4. The van der Waals surface area contributed by atoms with Crippen molar-refractivity contribution in [2.45, 2.75) is 38.1 Å². The first-order valence-electron chi connectivity index (χ1n) is 10.5. The van der Waals surface area contributed by atoms with Crippen LogP contribution in [-0.2, 0) is 14.4 Å². The third-order valence-corrected chi connectivity index (χ3v) is 6.21. The van der Waals surface area contributed by atoms with Crippen molar-refractivity contribution in [3.8, 4) is 5.75 Å². The van der Waals surface area contributed by atoms with Crippen molar-refractivity contribution in [3.05, 3.63) is 29.8 Å². The van der Waals surface area contributed by atoms with Crippen LogP contribution in [0.2, 0.25) is 0 Å². The molecule has 1 saturated carbocycles. The van der Waals surface area contributed by atoms with Gasteiger partial charge in [0.2, 0.25) is 17.7 Å². The van der Waals surface area contributed by atoms with E-state index in [0.717, 1.165) is 37.0 Å². The fourth-order valence-corrected chi connectivity index (χ4v) is 4.55. The zero-order valence-corrected chi connectivity index (χ0v) is 17.6. The number of rotatable bonds is 8. The molecule has 3 rings (SSSR count). The smallest absolute Gasteiger partial charge is 0.233 e. The number of quaternary nitrogens is 1. The third-order valence-electron chi connectivity index (χ3n) is 6.21. The van der Waals surface area contributed by atoms with Crippen molar-refractivity contribution in [1.82, 2.24) is 10.2 Å². The van der Waals surface area contributed by atoms with E-state index in [-0.39, 0.29) is 48.6 Å². The predicted octanol–water partition coefficient (Wildman–Crippen LogP) is 0.562. The summed E-state index contributed by atoms with van der Waals surface area (Å²) in [5.41, 5.74) is 1.03. The molecule has 7 heteroatoms. The van der Waals surface area contributed by atoms with Gasteiger partial charge in [0.1, 0.15) is 11.8 Å². The Hall–Kier alpha value is -2.41. The van der Waals surface area contributed by atoms with Crippen LogP contribution in [0, 0.1) is 11.8 Å². The number of para-hydroxylation sites is 1. The van der Waals surface area contributed by atoms with E-state index in [1.54, 1.807) is 7.11 Å². The van der Waals surface area contributed by atoms with Gasteiger partial charge >= 0.3 is 0 Å². The highest BCUT2D eigenvalue weighted by Gasteiger charge is 2.47. The van der Waals surface area contributed by atoms with Crippen LogP contribution in [0.15, 0.2) is 24.3 Å². The third kappa shape index (κ3) is 4.61. The quantitative estimate of drug-likeness (QED) is 0.623. The average molecular weight is 403 g/mol. The number of benzene rings is 1. The lowest BCUT2D eigenvalue weighted by atomic mass is 9.81. The molecule has 1 aliphatic heterocycles. The van der Waals surface area contributed by atoms with Crippen LogP contribution in [0.3, 0.4) is 0 Å². The van der Waals surface area contributed by atoms with Crippen molar-refractivity contribution in [1.29, 1.82) is 0 Å². The molecule has 2 fully saturated rings. The summed E-state index contributed by atoms with van der Waals surface area (Å²) in [4.78, 5) is 40.0. The topological polar surface area (TPSA) is 80.2 Å². The van der Waals surface area contributed by atoms with E-state index in [9.17, 15) is 14.4 Å². The maximum atomic E-state index is 12.5. The van der Waals surface area contributed by atoms with Crippen molar-refractivity contribution in [3.63, 3.8) is 0 Å². The fourth-order valence-electron chi connectivity index (χ4n) is 4.55. The Morgan fingerprint density at radius 3 is 2.38 bits per heavy atom. The Morgan fingerprint density at radius 1 is 1.17 bits per heavy atom. The van der Waals surface area contributed by atoms with Crippen molar-refractivity contribution < 1.29 is 24.0 Å². The molecule has 3 amide bonds. The van der Waals surface area contributed by atoms with Crippen molar-refractivity contribution >= 4 is 17.7 Å². The number of methoxy groups -OCH3 is 1. The van der Waals surface area contributed by atoms with Crippen LogP contribution < -0.4 is 15.0 Å². The van der Waals surface area contributed by atoms with Gasteiger partial charge in [-0.2, -0.15) is 0 Å². The number of likely N-dealkylation sites (tertiary alicyclic amines) is 1. The molecule has 0 unspecified atom stereocenters. The summed E-state index contributed by atoms with van der Waals surface area (Å²) in [6, 6.07) is 7.83. The molecule has 0 bridgehead atoms. The number of fused-ring (bicyclic) bond motifs is 1. The van der Waals surface area contributed by atoms with Crippen molar-refractivity contribution in [2.24, 2.45) is 11.8 Å². The van der Waals surface area contributed by atoms with Gasteiger partial charge in [0.25, 0.3) is 0 Å². The number of likely N-dealkylation sites (N-methyl/N-ethyl adjacent to an activating group) is 1. The molecule has 0 radical (unpaired) electrons. The second kappa shape index (κ2) is 9.39. The highest BCUT2D eigenvalue weighted by Crippen LogP contribution is 2.37. The van der Waals surface area contributed by atoms with E-state index in [0.29, 0.717) is 6.54 Å². The number of amides is 3. The Labute approximate surface area is 172 Å². The van der Waals surface area contributed by atoms with Crippen molar-refractivity contribution in [2.75, 3.05) is 34.3 Å². The zero-order chi connectivity index (χ0) is 21.0. The monoisotopic (exact) mass is 402 g/mol. The summed E-state index contributed by atoms with van der Waals surface area (Å²) in [5.74, 6) is 0.151. The number of nitrogens with zero attached hydrogens (tertiary/aromatic N) is 1. The van der Waals surface area contributed by atoms with Gasteiger partial charge < -0.3 is 15.0 Å². The van der Waals surface area contributed by atoms with Crippen LogP contribution in [-0.4, -0.2) is 56.9 Å². The van der Waals surface area contributed by atoms with E-state index in [1.807, 2.05) is 38.4 Å². The fraction of sp³-hybridized carbons (Fsp3) is 0.591. The molecule has 2 aliphatic rings. The molecular weight excluding hydrogens is 370 g/mol. The minimum atomic E-state index is -0.161. The van der Waals surface area contributed by atoms with E-state index in [2.05, 4.69) is 5.32 Å². The SMILES string of the molecule is COc1ccccc1[C@@H](CNC(=O)CCN1C(=O)[C@H]2CCCC[C@H]2C1=O)[NH+](C)C. The second-order valence-corrected chi connectivity index (χ2v) is 8.25. The van der Waals surface area contributed by atoms with E-state index in [4.69, 9.17) is 4.74 Å². The minimum Gasteiger partial charge on any atom is -0.496 e. The lowest BCUT2D eigenvalue weighted by Crippen LogP contribution is -3.07. The summed E-state index contributed by atoms with van der Waals surface area (Å²) in [5, 5.41) is 2.97. The van der Waals surface area contributed by atoms with Gasteiger partial charge in [-0.05, 0) is 25.0 Å². The second-order valence-electron chi connectivity index (χ2n) is 8.25. The number of imide groups is 1. The van der Waals surface area contributed by atoms with Gasteiger partial charge in [0.15, 0.2) is 0 Å². The molecule has 29 heavy (non-hydrogen) atoms. The zero-order valence-electron chi connectivity index (χ0n) is 17.6. The summed E-state index contributed by atoms with van der Waals surface area (Å²) in [7, 11) is 5.71. The van der Waals surface area contributed by atoms with Gasteiger partial charge in [0, 0.05) is 13.0 Å². The van der Waals surface area contributed by atoms with E-state index >= 15 is 0 Å². The first kappa shape index (κ1) is 21.3. The highest BCUT2D eigenvalue weighted by atomic mass is 16.5. The number of nitrogens with one attached hydrogen (secondary N) is 2. The van der Waals surface area contributed by atoms with Crippen LogP contribution >= 0.6 is 0 Å². The molecule has 1 saturated heterocycles. The lowest BCUT2D eigenvalue weighted by molar-refractivity contribution is -0.890. The Bertz CT molecular complexity index is 740. The molecule has 3 atom stereocenters. The van der Waals surface area contributed by atoms with Crippen LogP contribution in [0.1, 0.15) is 43.7 Å². The highest BCUT2D eigenvalue weighted by molar-refractivity contribution is 6.05. The lowest BCUT2D eigenvalue weighted by Gasteiger charge is -2.24. The average Bonchev–Trinajstić information content (AvgIpc) is 2.97. The Kier molecular flexibility index (Phi) is 6.90. The minimum absolute atomic E-state index is 0.0352. The van der Waals surface area contributed by atoms with Gasteiger partial charge in [-0.25, -0.2) is 0 Å². The van der Waals surface area contributed by atoms with Gasteiger partial charge in [-0.1, -0.05) is 25.0 Å². The Morgan fingerprint density at radius 2 is 1.79 bits per heavy atom. The number of hydrogen-bond donors (Lipinski definition) is 2. The van der Waals surface area contributed by atoms with Crippen LogP contribution in [0.25, 0.3) is 0 Å². The summed E-state index contributed by atoms with van der Waals surface area (Å²) in [6.45, 7) is 0.624. The molecule has 1 aliphatic carbocycles. The molecule has 7 nitrogen and oxygen atoms in total. The van der Waals surface area contributed by atoms with Crippen LogP contribution in [0.4, 0.5) is 0 Å². The van der Waals surface area contributed by atoms with Gasteiger partial charge in [-0.3, -0.25) is 19.3 Å². The normalized spacial score (nSPS) is 22.6. The van der Waals surface area contributed by atoms with E-state index < -0.39 is 0 Å².